The van der Waals surface area contributed by atoms with E-state index >= 15 is 0 Å². The van der Waals surface area contributed by atoms with Gasteiger partial charge in [-0.2, -0.15) is 0 Å². The molecule has 1 N–H and O–H groups in total. The van der Waals surface area contributed by atoms with Crippen molar-refractivity contribution >= 4 is 38.6 Å². The predicted molar refractivity (Wildman–Crippen MR) is 102 cm³/mol. The van der Waals surface area contributed by atoms with Gasteiger partial charge in [-0.25, -0.2) is 4.98 Å². The van der Waals surface area contributed by atoms with Crippen molar-refractivity contribution in [2.75, 3.05) is 0 Å². The van der Waals surface area contributed by atoms with Crippen molar-refractivity contribution < 1.29 is 0 Å². The van der Waals surface area contributed by atoms with Crippen LogP contribution in [0.2, 0.25) is 5.02 Å². The zero-order valence-electron chi connectivity index (χ0n) is 12.8. The van der Waals surface area contributed by atoms with Gasteiger partial charge in [0, 0.05) is 21.8 Å². The van der Waals surface area contributed by atoms with Crippen molar-refractivity contribution in [2.24, 2.45) is 0 Å². The van der Waals surface area contributed by atoms with Crippen LogP contribution in [0.25, 0.3) is 33.7 Å². The minimum Gasteiger partial charge on any atom is -0.338 e. The van der Waals surface area contributed by atoms with Gasteiger partial charge in [-0.3, -0.25) is 4.98 Å². The van der Waals surface area contributed by atoms with Crippen LogP contribution in [0.4, 0.5) is 0 Å². The summed E-state index contributed by atoms with van der Waals surface area (Å²) in [5, 5.41) is 0.648. The molecule has 0 saturated carbocycles. The Hall–Kier alpha value is -2.17. The SMILES string of the molecule is Cc1cc(Br)cc2[nH]c(-c3ccc(-c4ncccc4Cl)cc3)nc12. The smallest absolute Gasteiger partial charge is 0.138 e. The molecular weight excluding hydrogens is 386 g/mol. The predicted octanol–water partition coefficient (Wildman–Crippen LogP) is 6.02. The molecule has 3 nitrogen and oxygen atoms in total. The van der Waals surface area contributed by atoms with E-state index in [9.17, 15) is 0 Å². The lowest BCUT2D eigenvalue weighted by molar-refractivity contribution is 1.31. The first kappa shape index (κ1) is 15.4. The van der Waals surface area contributed by atoms with Gasteiger partial charge in [0.05, 0.1) is 21.7 Å². The number of hydrogen-bond acceptors (Lipinski definition) is 2. The molecule has 0 aliphatic rings. The largest absolute Gasteiger partial charge is 0.338 e. The Labute approximate surface area is 152 Å². The molecule has 2 aromatic carbocycles. The molecule has 0 aliphatic heterocycles. The first-order valence-electron chi connectivity index (χ1n) is 7.49. The number of fused-ring (bicyclic) bond motifs is 1. The first-order chi connectivity index (χ1) is 11.6. The third-order valence-corrected chi connectivity index (χ3v) is 4.70. The van der Waals surface area contributed by atoms with Crippen molar-refractivity contribution in [2.45, 2.75) is 6.92 Å². The molecule has 0 spiro atoms. The lowest BCUT2D eigenvalue weighted by atomic mass is 10.1. The van der Waals surface area contributed by atoms with E-state index in [1.54, 1.807) is 6.20 Å². The summed E-state index contributed by atoms with van der Waals surface area (Å²) in [4.78, 5) is 12.5. The van der Waals surface area contributed by atoms with E-state index in [1.807, 2.05) is 42.5 Å². The van der Waals surface area contributed by atoms with Crippen LogP contribution in [0.1, 0.15) is 5.56 Å². The Balaban J connectivity index is 1.76. The van der Waals surface area contributed by atoms with Crippen LogP contribution in [0.15, 0.2) is 59.2 Å². The van der Waals surface area contributed by atoms with Gasteiger partial charge in [0.15, 0.2) is 0 Å². The molecule has 2 aromatic heterocycles. The van der Waals surface area contributed by atoms with Gasteiger partial charge in [-0.15, -0.1) is 0 Å². The Morgan fingerprint density at radius 1 is 1.04 bits per heavy atom. The first-order valence-corrected chi connectivity index (χ1v) is 8.66. The average Bonchev–Trinajstić information content (AvgIpc) is 3.00. The van der Waals surface area contributed by atoms with Crippen LogP contribution in [-0.4, -0.2) is 15.0 Å². The lowest BCUT2D eigenvalue weighted by Gasteiger charge is -2.04. The van der Waals surface area contributed by atoms with Crippen LogP contribution in [0.5, 0.6) is 0 Å². The number of pyridine rings is 1. The molecule has 0 atom stereocenters. The molecule has 0 amide bonds. The van der Waals surface area contributed by atoms with E-state index < -0.39 is 0 Å². The van der Waals surface area contributed by atoms with Crippen LogP contribution in [0, 0.1) is 6.92 Å². The molecule has 0 unspecified atom stereocenters. The number of H-pyrrole nitrogens is 1. The minimum absolute atomic E-state index is 0.648. The van der Waals surface area contributed by atoms with Crippen molar-refractivity contribution in [1.29, 1.82) is 0 Å². The summed E-state index contributed by atoms with van der Waals surface area (Å²) in [6, 6.07) is 15.9. The second kappa shape index (κ2) is 6.04. The fourth-order valence-corrected chi connectivity index (χ4v) is 3.57. The van der Waals surface area contributed by atoms with E-state index in [1.165, 1.54) is 0 Å². The topological polar surface area (TPSA) is 41.6 Å². The van der Waals surface area contributed by atoms with Crippen LogP contribution < -0.4 is 0 Å². The number of imidazole rings is 1. The molecule has 118 valence electrons. The number of rotatable bonds is 2. The Morgan fingerprint density at radius 2 is 1.79 bits per heavy atom. The van der Waals surface area contributed by atoms with Crippen LogP contribution >= 0.6 is 27.5 Å². The quantitative estimate of drug-likeness (QED) is 0.449. The molecule has 2 heterocycles. The highest BCUT2D eigenvalue weighted by Gasteiger charge is 2.09. The monoisotopic (exact) mass is 397 g/mol. The van der Waals surface area contributed by atoms with Crippen molar-refractivity contribution in [3.63, 3.8) is 0 Å². The van der Waals surface area contributed by atoms with Gasteiger partial charge >= 0.3 is 0 Å². The molecule has 0 bridgehead atoms. The van der Waals surface area contributed by atoms with Crippen molar-refractivity contribution in [1.82, 2.24) is 15.0 Å². The highest BCUT2D eigenvalue weighted by molar-refractivity contribution is 9.10. The molecule has 5 heteroatoms. The maximum atomic E-state index is 6.22. The van der Waals surface area contributed by atoms with E-state index in [0.717, 1.165) is 43.7 Å². The average molecular weight is 399 g/mol. The Bertz CT molecular complexity index is 1040. The number of halogens is 2. The zero-order chi connectivity index (χ0) is 16.7. The Morgan fingerprint density at radius 3 is 2.54 bits per heavy atom. The summed E-state index contributed by atoms with van der Waals surface area (Å²) in [5.74, 6) is 0.852. The summed E-state index contributed by atoms with van der Waals surface area (Å²) in [5.41, 5.74) is 5.95. The van der Waals surface area contributed by atoms with Gasteiger partial charge in [0.25, 0.3) is 0 Å². The highest BCUT2D eigenvalue weighted by Crippen LogP contribution is 2.29. The van der Waals surface area contributed by atoms with Crippen molar-refractivity contribution in [3.05, 3.63) is 69.8 Å². The third kappa shape index (κ3) is 2.72. The number of nitrogens with one attached hydrogen (secondary N) is 1. The van der Waals surface area contributed by atoms with E-state index in [0.29, 0.717) is 5.02 Å². The van der Waals surface area contributed by atoms with Crippen LogP contribution in [-0.2, 0) is 0 Å². The molecule has 0 fully saturated rings. The summed E-state index contributed by atoms with van der Waals surface area (Å²) in [6.07, 6.45) is 1.75. The van der Waals surface area contributed by atoms with Crippen molar-refractivity contribution in [3.8, 4) is 22.6 Å². The lowest BCUT2D eigenvalue weighted by Crippen LogP contribution is -1.85. The molecule has 24 heavy (non-hydrogen) atoms. The standard InChI is InChI=1S/C19H13BrClN3/c1-11-9-14(20)10-16-17(11)24-19(23-16)13-6-4-12(5-7-13)18-15(21)3-2-8-22-18/h2-10H,1H3,(H,23,24). The van der Waals surface area contributed by atoms with Gasteiger partial charge in [-0.1, -0.05) is 51.8 Å². The molecule has 0 aliphatic carbocycles. The summed E-state index contributed by atoms with van der Waals surface area (Å²) in [7, 11) is 0. The van der Waals surface area contributed by atoms with E-state index in [-0.39, 0.29) is 0 Å². The summed E-state index contributed by atoms with van der Waals surface area (Å²) >= 11 is 9.74. The highest BCUT2D eigenvalue weighted by atomic mass is 79.9. The summed E-state index contributed by atoms with van der Waals surface area (Å²) in [6.45, 7) is 2.06. The molecule has 0 radical (unpaired) electrons. The fourth-order valence-electron chi connectivity index (χ4n) is 2.77. The normalized spacial score (nSPS) is 11.1. The van der Waals surface area contributed by atoms with Gasteiger partial charge in [0.1, 0.15) is 5.82 Å². The molecule has 4 aromatic rings. The minimum atomic E-state index is 0.648. The number of nitrogens with zero attached hydrogens (tertiary/aromatic N) is 2. The Kier molecular flexibility index (Phi) is 3.87. The second-order valence-corrected chi connectivity index (χ2v) is 6.94. The maximum Gasteiger partial charge on any atom is 0.138 e. The summed E-state index contributed by atoms with van der Waals surface area (Å²) < 4.78 is 1.04. The maximum absolute atomic E-state index is 6.22. The molecule has 4 rings (SSSR count). The number of benzene rings is 2. The van der Waals surface area contributed by atoms with E-state index in [4.69, 9.17) is 16.6 Å². The van der Waals surface area contributed by atoms with Crippen LogP contribution in [0.3, 0.4) is 0 Å². The van der Waals surface area contributed by atoms with E-state index in [2.05, 4.69) is 38.9 Å². The fraction of sp³-hybridized carbons (Fsp3) is 0.0526. The number of aromatic amines is 1. The number of aromatic nitrogens is 3. The second-order valence-electron chi connectivity index (χ2n) is 5.62. The number of aryl methyl sites for hydroxylation is 1. The van der Waals surface area contributed by atoms with Gasteiger partial charge in [-0.05, 0) is 36.8 Å². The molecule has 0 saturated heterocycles. The molecular formula is C19H13BrClN3. The third-order valence-electron chi connectivity index (χ3n) is 3.93. The zero-order valence-corrected chi connectivity index (χ0v) is 15.2. The number of hydrogen-bond donors (Lipinski definition) is 1. The van der Waals surface area contributed by atoms with Gasteiger partial charge in [0.2, 0.25) is 0 Å². The van der Waals surface area contributed by atoms with Gasteiger partial charge < -0.3 is 4.98 Å².